The topological polar surface area (TPSA) is 79.4 Å². The van der Waals surface area contributed by atoms with Crippen LogP contribution in [-0.4, -0.2) is 60.3 Å². The lowest BCUT2D eigenvalue weighted by molar-refractivity contribution is 0.159. The van der Waals surface area contributed by atoms with Crippen molar-refractivity contribution in [1.82, 2.24) is 20.2 Å². The number of nitrogens with one attached hydrogen (secondary N) is 2. The first kappa shape index (κ1) is 19.3. The van der Waals surface area contributed by atoms with E-state index in [9.17, 15) is 4.79 Å². The third-order valence-corrected chi connectivity index (χ3v) is 5.28. The number of urea groups is 1. The molecule has 4 rings (SSSR count). The first-order chi connectivity index (χ1) is 14.2. The van der Waals surface area contributed by atoms with Crippen LogP contribution in [0.25, 0.3) is 10.9 Å². The summed E-state index contributed by atoms with van der Waals surface area (Å²) in [7, 11) is 1.70. The molecular formula is C22H25N5O2. The Hall–Kier alpha value is -3.03. The van der Waals surface area contributed by atoms with Gasteiger partial charge in [0.2, 0.25) is 0 Å². The maximum atomic E-state index is 12.7. The van der Waals surface area contributed by atoms with E-state index in [-0.39, 0.29) is 18.0 Å². The van der Waals surface area contributed by atoms with Crippen LogP contribution in [0.5, 0.6) is 0 Å². The lowest BCUT2D eigenvalue weighted by Crippen LogP contribution is -2.42. The van der Waals surface area contributed by atoms with Crippen LogP contribution < -0.4 is 10.6 Å². The fraction of sp³-hybridized carbons (Fsp3) is 0.318. The van der Waals surface area contributed by atoms with E-state index in [2.05, 4.69) is 31.6 Å². The summed E-state index contributed by atoms with van der Waals surface area (Å²) >= 11 is 0. The molecule has 0 spiro atoms. The predicted octanol–water partition coefficient (Wildman–Crippen LogP) is 2.87. The number of carbonyl (C=O) groups excluding carboxylic acids is 1. The zero-order chi connectivity index (χ0) is 20.1. The van der Waals surface area contributed by atoms with Gasteiger partial charge in [-0.3, -0.25) is 14.9 Å². The molecule has 2 N–H and O–H groups in total. The Labute approximate surface area is 170 Å². The molecule has 1 saturated heterocycles. The van der Waals surface area contributed by atoms with E-state index in [0.717, 1.165) is 36.1 Å². The van der Waals surface area contributed by atoms with Gasteiger partial charge in [-0.05, 0) is 23.8 Å². The molecule has 2 atom stereocenters. The highest BCUT2D eigenvalue weighted by atomic mass is 16.5. The Kier molecular flexibility index (Phi) is 5.97. The van der Waals surface area contributed by atoms with Gasteiger partial charge in [0, 0.05) is 50.4 Å². The number of carbonyl (C=O) groups is 1. The number of anilines is 1. The number of nitrogens with zero attached hydrogens (tertiary/aromatic N) is 3. The highest BCUT2D eigenvalue weighted by molar-refractivity contribution is 5.92. The minimum absolute atomic E-state index is 0.00975. The molecular weight excluding hydrogens is 366 g/mol. The van der Waals surface area contributed by atoms with Gasteiger partial charge < -0.3 is 15.4 Å². The van der Waals surface area contributed by atoms with Crippen LogP contribution in [0.4, 0.5) is 10.5 Å². The minimum Gasteiger partial charge on any atom is -0.383 e. The number of pyridine rings is 2. The molecule has 0 bridgehead atoms. The second-order valence-corrected chi connectivity index (χ2v) is 7.27. The monoisotopic (exact) mass is 391 g/mol. The van der Waals surface area contributed by atoms with Crippen molar-refractivity contribution in [2.75, 3.05) is 38.7 Å². The predicted molar refractivity (Wildman–Crippen MR) is 113 cm³/mol. The molecule has 2 amide bonds. The Morgan fingerprint density at radius 2 is 2.10 bits per heavy atom. The number of benzene rings is 1. The number of amides is 2. The number of likely N-dealkylation sites (tertiary alicyclic amines) is 1. The first-order valence-electron chi connectivity index (χ1n) is 9.76. The van der Waals surface area contributed by atoms with Crippen molar-refractivity contribution in [3.8, 4) is 0 Å². The van der Waals surface area contributed by atoms with Crippen LogP contribution in [0.1, 0.15) is 11.5 Å². The summed E-state index contributed by atoms with van der Waals surface area (Å²) in [5.74, 6) is 0.182. The summed E-state index contributed by atoms with van der Waals surface area (Å²) < 4.78 is 5.21. The zero-order valence-corrected chi connectivity index (χ0v) is 16.4. The lowest BCUT2D eigenvalue weighted by Gasteiger charge is -2.20. The van der Waals surface area contributed by atoms with Gasteiger partial charge in [0.25, 0.3) is 0 Å². The lowest BCUT2D eigenvalue weighted by atomic mass is 9.96. The second-order valence-electron chi connectivity index (χ2n) is 7.27. The molecule has 2 aromatic heterocycles. The molecule has 3 heterocycles. The van der Waals surface area contributed by atoms with E-state index in [1.54, 1.807) is 19.5 Å². The molecule has 7 heteroatoms. The maximum Gasteiger partial charge on any atom is 0.319 e. The molecule has 1 aromatic carbocycles. The number of hydrogen-bond donors (Lipinski definition) is 2. The van der Waals surface area contributed by atoms with Crippen LogP contribution in [0, 0.1) is 0 Å². The summed E-state index contributed by atoms with van der Waals surface area (Å²) in [6.07, 6.45) is 5.33. The third kappa shape index (κ3) is 4.70. The highest BCUT2D eigenvalue weighted by Gasteiger charge is 2.34. The van der Waals surface area contributed by atoms with Crippen molar-refractivity contribution in [2.24, 2.45) is 0 Å². The highest BCUT2D eigenvalue weighted by Crippen LogP contribution is 2.27. The standard InChI is InChI=1S/C22H25N5O2/c1-29-10-9-27-14-19(17-6-4-8-23-12-17)21(15-27)26-22(28)25-18-11-16-5-2-3-7-20(16)24-13-18/h2-8,11-13,19,21H,9-10,14-15H2,1H3,(H2,25,26,28)/t19-,21+/m0/s1. The van der Waals surface area contributed by atoms with E-state index in [1.165, 1.54) is 0 Å². The smallest absolute Gasteiger partial charge is 0.319 e. The van der Waals surface area contributed by atoms with E-state index >= 15 is 0 Å². The number of aromatic nitrogens is 2. The van der Waals surface area contributed by atoms with Crippen molar-refractivity contribution in [3.63, 3.8) is 0 Å². The summed E-state index contributed by atoms with van der Waals surface area (Å²) in [6, 6.07) is 13.5. The molecule has 7 nitrogen and oxygen atoms in total. The van der Waals surface area contributed by atoms with Crippen molar-refractivity contribution in [2.45, 2.75) is 12.0 Å². The van der Waals surface area contributed by atoms with Crippen molar-refractivity contribution in [3.05, 3.63) is 66.6 Å². The van der Waals surface area contributed by atoms with Gasteiger partial charge in [-0.2, -0.15) is 0 Å². The largest absolute Gasteiger partial charge is 0.383 e. The van der Waals surface area contributed by atoms with Gasteiger partial charge in [-0.1, -0.05) is 24.3 Å². The normalized spacial score (nSPS) is 19.3. The Balaban J connectivity index is 1.45. The fourth-order valence-corrected chi connectivity index (χ4v) is 3.84. The molecule has 1 aliphatic rings. The van der Waals surface area contributed by atoms with Gasteiger partial charge in [0.1, 0.15) is 0 Å². The Morgan fingerprint density at radius 1 is 1.21 bits per heavy atom. The quantitative estimate of drug-likeness (QED) is 0.676. The molecule has 1 fully saturated rings. The molecule has 1 aliphatic heterocycles. The second kappa shape index (κ2) is 8.98. The molecule has 0 radical (unpaired) electrons. The average Bonchev–Trinajstić information content (AvgIpc) is 3.15. The van der Waals surface area contributed by atoms with Gasteiger partial charge in [-0.15, -0.1) is 0 Å². The van der Waals surface area contributed by atoms with Crippen LogP contribution in [0.3, 0.4) is 0 Å². The maximum absolute atomic E-state index is 12.7. The number of rotatable bonds is 6. The van der Waals surface area contributed by atoms with Gasteiger partial charge in [0.15, 0.2) is 0 Å². The third-order valence-electron chi connectivity index (χ3n) is 5.28. The van der Waals surface area contributed by atoms with Crippen LogP contribution in [-0.2, 0) is 4.74 Å². The number of ether oxygens (including phenoxy) is 1. The summed E-state index contributed by atoms with van der Waals surface area (Å²) in [4.78, 5) is 23.7. The van der Waals surface area contributed by atoms with Crippen molar-refractivity contribution >= 4 is 22.6 Å². The molecule has 3 aromatic rings. The Bertz CT molecular complexity index is 966. The molecule has 0 saturated carbocycles. The SMILES string of the molecule is COCCN1C[C@@H](NC(=O)Nc2cnc3ccccc3c2)[C@H](c2cccnc2)C1. The number of hydrogen-bond acceptors (Lipinski definition) is 5. The summed E-state index contributed by atoms with van der Waals surface area (Å²) in [5.41, 5.74) is 2.71. The van der Waals surface area contributed by atoms with Crippen molar-refractivity contribution < 1.29 is 9.53 Å². The van der Waals surface area contributed by atoms with Crippen LogP contribution >= 0.6 is 0 Å². The van der Waals surface area contributed by atoms with Gasteiger partial charge in [0.05, 0.1) is 30.0 Å². The molecule has 0 aliphatic carbocycles. The number of para-hydroxylation sites is 1. The van der Waals surface area contributed by atoms with E-state index in [0.29, 0.717) is 12.3 Å². The van der Waals surface area contributed by atoms with E-state index < -0.39 is 0 Å². The van der Waals surface area contributed by atoms with Crippen LogP contribution in [0.15, 0.2) is 61.1 Å². The Morgan fingerprint density at radius 3 is 2.93 bits per heavy atom. The number of methoxy groups -OCH3 is 1. The molecule has 150 valence electrons. The molecule has 0 unspecified atom stereocenters. The summed E-state index contributed by atoms with van der Waals surface area (Å²) in [6.45, 7) is 3.13. The fourth-order valence-electron chi connectivity index (χ4n) is 3.84. The minimum atomic E-state index is -0.227. The number of fused-ring (bicyclic) bond motifs is 1. The first-order valence-corrected chi connectivity index (χ1v) is 9.76. The summed E-state index contributed by atoms with van der Waals surface area (Å²) in [5, 5.41) is 7.05. The van der Waals surface area contributed by atoms with Gasteiger partial charge in [-0.25, -0.2) is 4.79 Å². The van der Waals surface area contributed by atoms with Crippen molar-refractivity contribution in [1.29, 1.82) is 0 Å². The van der Waals surface area contributed by atoms with Crippen LogP contribution in [0.2, 0.25) is 0 Å². The average molecular weight is 391 g/mol. The molecule has 29 heavy (non-hydrogen) atoms. The zero-order valence-electron chi connectivity index (χ0n) is 16.4. The van der Waals surface area contributed by atoms with E-state index in [1.807, 2.05) is 42.6 Å². The van der Waals surface area contributed by atoms with E-state index in [4.69, 9.17) is 4.74 Å². The van der Waals surface area contributed by atoms with Gasteiger partial charge >= 0.3 is 6.03 Å².